The van der Waals surface area contributed by atoms with Gasteiger partial charge in [0.2, 0.25) is 0 Å². The molecule has 0 atom stereocenters. The van der Waals surface area contributed by atoms with Crippen molar-refractivity contribution in [1.29, 1.82) is 0 Å². The van der Waals surface area contributed by atoms with Gasteiger partial charge in [-0.25, -0.2) is 0 Å². The maximum Gasteiger partial charge on any atom is 0.303 e. The van der Waals surface area contributed by atoms with E-state index in [0.717, 1.165) is 38.4 Å². The van der Waals surface area contributed by atoms with E-state index < -0.39 is 0 Å². The van der Waals surface area contributed by atoms with Crippen molar-refractivity contribution >= 4 is 28.7 Å². The Hall–Kier alpha value is -2.02. The van der Waals surface area contributed by atoms with Crippen LogP contribution in [0.4, 0.5) is 5.69 Å². The zero-order chi connectivity index (χ0) is 16.5. The quantitative estimate of drug-likeness (QED) is 0.716. The van der Waals surface area contributed by atoms with Crippen molar-refractivity contribution in [2.45, 2.75) is 6.54 Å². The van der Waals surface area contributed by atoms with Crippen LogP contribution in [-0.4, -0.2) is 44.5 Å². The molecular weight excluding hydrogens is 322 g/mol. The number of rotatable bonds is 4. The maximum atomic E-state index is 12.3. The molecule has 1 saturated heterocycles. The molecule has 0 unspecified atom stereocenters. The van der Waals surface area contributed by atoms with Crippen LogP contribution >= 0.6 is 11.3 Å². The minimum absolute atomic E-state index is 0.369. The van der Waals surface area contributed by atoms with Crippen molar-refractivity contribution < 1.29 is 19.4 Å². The summed E-state index contributed by atoms with van der Waals surface area (Å²) in [5.41, 5.74) is 2.73. The van der Waals surface area contributed by atoms with Gasteiger partial charge in [-0.15, -0.1) is 0 Å². The molecule has 1 aromatic heterocycles. The van der Waals surface area contributed by atoms with Crippen molar-refractivity contribution in [2.24, 2.45) is 0 Å². The number of fused-ring (bicyclic) bond motifs is 1. The van der Waals surface area contributed by atoms with E-state index in [1.54, 1.807) is 27.2 Å². The van der Waals surface area contributed by atoms with Crippen molar-refractivity contribution in [3.63, 3.8) is 0 Å². The van der Waals surface area contributed by atoms with Crippen LogP contribution in [0.25, 0.3) is 0 Å². The van der Waals surface area contributed by atoms with Crippen LogP contribution in [0.5, 0.6) is 0 Å². The molecule has 1 fully saturated rings. The molecule has 6 heteroatoms. The third-order valence-electron chi connectivity index (χ3n) is 4.96. The molecule has 1 amide bonds. The molecule has 124 valence electrons. The summed E-state index contributed by atoms with van der Waals surface area (Å²) in [6, 6.07) is 9.51. The Kier molecular flexibility index (Phi) is 4.18. The number of carbonyl (C=O) groups is 2. The molecule has 0 radical (unpaired) electrons. The second-order valence-corrected chi connectivity index (χ2v) is 7.33. The number of benzene rings is 1. The van der Waals surface area contributed by atoms with Crippen molar-refractivity contribution in [1.82, 2.24) is 0 Å². The van der Waals surface area contributed by atoms with Crippen LogP contribution in [0.2, 0.25) is 0 Å². The lowest BCUT2D eigenvalue weighted by Crippen LogP contribution is -3.28. The Morgan fingerprint density at radius 3 is 2.50 bits per heavy atom. The Balaban J connectivity index is 1.37. The normalized spacial score (nSPS) is 23.6. The predicted octanol–water partition coefficient (Wildman–Crippen LogP) is -0.781. The number of hydrogen-bond acceptors (Lipinski definition) is 3. The zero-order valence-electron chi connectivity index (χ0n) is 13.5. The van der Waals surface area contributed by atoms with Crippen LogP contribution in [0, 0.1) is 0 Å². The Morgan fingerprint density at radius 1 is 1.00 bits per heavy atom. The average Bonchev–Trinajstić information content (AvgIpc) is 3.20. The summed E-state index contributed by atoms with van der Waals surface area (Å²) >= 11 is 1.75. The molecule has 1 aromatic carbocycles. The van der Waals surface area contributed by atoms with Crippen LogP contribution < -0.4 is 14.7 Å². The van der Waals surface area contributed by atoms with E-state index in [2.05, 4.69) is 16.8 Å². The number of nitrogens with one attached hydrogen (secondary N) is 2. The summed E-state index contributed by atoms with van der Waals surface area (Å²) in [4.78, 5) is 29.0. The van der Waals surface area contributed by atoms with Crippen LogP contribution in [-0.2, 0) is 11.3 Å². The zero-order valence-corrected chi connectivity index (χ0v) is 14.3. The Labute approximate surface area is 145 Å². The smallest absolute Gasteiger partial charge is 0.303 e. The highest BCUT2D eigenvalue weighted by atomic mass is 32.1. The van der Waals surface area contributed by atoms with Gasteiger partial charge in [0.25, 0.3) is 5.78 Å². The monoisotopic (exact) mass is 343 g/mol. The van der Waals surface area contributed by atoms with E-state index in [1.165, 1.54) is 10.5 Å². The molecular formula is C18H21N3O2S+2. The minimum atomic E-state index is -0.378. The number of piperazine rings is 1. The first kappa shape index (κ1) is 15.5. The second-order valence-electron chi connectivity index (χ2n) is 6.55. The molecule has 2 aromatic rings. The van der Waals surface area contributed by atoms with E-state index in [0.29, 0.717) is 12.2 Å². The van der Waals surface area contributed by atoms with E-state index in [9.17, 15) is 9.59 Å². The summed E-state index contributed by atoms with van der Waals surface area (Å²) in [5, 5.41) is 4.35. The first-order valence-electron chi connectivity index (χ1n) is 8.36. The van der Waals surface area contributed by atoms with E-state index in [4.69, 9.17) is 0 Å². The number of anilines is 1. The van der Waals surface area contributed by atoms with Gasteiger partial charge in [0, 0.05) is 5.56 Å². The molecule has 3 heterocycles. The Morgan fingerprint density at radius 2 is 1.75 bits per heavy atom. The highest BCUT2D eigenvalue weighted by Gasteiger charge is 2.38. The number of thiophene rings is 1. The largest absolute Gasteiger partial charge is 0.322 e. The SMILES string of the molecule is O=C1C(=O)N(C[NH+]2CC[NH+](Cc3ccsc3)CC2)c2ccccc21. The van der Waals surface area contributed by atoms with Gasteiger partial charge < -0.3 is 9.80 Å². The number of hydrogen-bond donors (Lipinski definition) is 2. The first-order chi connectivity index (χ1) is 11.7. The predicted molar refractivity (Wildman–Crippen MR) is 92.5 cm³/mol. The van der Waals surface area contributed by atoms with Crippen LogP contribution in [0.15, 0.2) is 41.1 Å². The maximum absolute atomic E-state index is 12.3. The summed E-state index contributed by atoms with van der Waals surface area (Å²) in [6.45, 7) is 5.93. The van der Waals surface area contributed by atoms with Gasteiger partial charge in [-0.05, 0) is 29.0 Å². The number of ketones is 1. The molecule has 2 N–H and O–H groups in total. The van der Waals surface area contributed by atoms with Gasteiger partial charge in [-0.3, -0.25) is 14.5 Å². The summed E-state index contributed by atoms with van der Waals surface area (Å²) in [7, 11) is 0. The molecule has 0 saturated carbocycles. The van der Waals surface area contributed by atoms with Crippen LogP contribution in [0.1, 0.15) is 15.9 Å². The van der Waals surface area contributed by atoms with Gasteiger partial charge in [-0.2, -0.15) is 11.3 Å². The minimum Gasteiger partial charge on any atom is -0.322 e. The third kappa shape index (κ3) is 2.88. The highest BCUT2D eigenvalue weighted by Crippen LogP contribution is 2.27. The molecule has 24 heavy (non-hydrogen) atoms. The molecule has 2 aliphatic rings. The molecule has 0 spiro atoms. The number of para-hydroxylation sites is 1. The van der Waals surface area contributed by atoms with Gasteiger partial charge >= 0.3 is 5.91 Å². The van der Waals surface area contributed by atoms with Crippen molar-refractivity contribution in [3.8, 4) is 0 Å². The Bertz CT molecular complexity index is 751. The van der Waals surface area contributed by atoms with Gasteiger partial charge in [-0.1, -0.05) is 12.1 Å². The van der Waals surface area contributed by atoms with E-state index in [-0.39, 0.29) is 11.7 Å². The molecule has 5 nitrogen and oxygen atoms in total. The fraction of sp³-hybridized carbons (Fsp3) is 0.333. The van der Waals surface area contributed by atoms with Crippen molar-refractivity contribution in [2.75, 3.05) is 37.7 Å². The summed E-state index contributed by atoms with van der Waals surface area (Å²) in [6.07, 6.45) is 0. The standard InChI is InChI=1S/C18H19N3O2S/c22-17-15-3-1-2-4-16(15)21(18(17)23)13-20-8-6-19(7-9-20)11-14-5-10-24-12-14/h1-5,10,12H,6-9,11,13H2/p+2. The lowest BCUT2D eigenvalue weighted by molar-refractivity contribution is -1.02. The first-order valence-corrected chi connectivity index (χ1v) is 9.30. The fourth-order valence-electron chi connectivity index (χ4n) is 3.60. The van der Waals surface area contributed by atoms with E-state index >= 15 is 0 Å². The van der Waals surface area contributed by atoms with Gasteiger partial charge in [0.1, 0.15) is 32.7 Å². The highest BCUT2D eigenvalue weighted by molar-refractivity contribution is 7.07. The molecule has 0 bridgehead atoms. The number of quaternary nitrogens is 2. The fourth-order valence-corrected chi connectivity index (χ4v) is 4.27. The number of nitrogens with zero attached hydrogens (tertiary/aromatic N) is 1. The molecule has 2 aliphatic heterocycles. The molecule has 0 aliphatic carbocycles. The molecule has 4 rings (SSSR count). The number of carbonyl (C=O) groups excluding carboxylic acids is 2. The number of amides is 1. The third-order valence-corrected chi connectivity index (χ3v) is 5.69. The average molecular weight is 343 g/mol. The number of Topliss-reactive ketones (excluding diaryl/α,β-unsaturated/α-hetero) is 1. The second kappa shape index (κ2) is 6.47. The summed E-state index contributed by atoms with van der Waals surface area (Å²) < 4.78 is 0. The van der Waals surface area contributed by atoms with Crippen molar-refractivity contribution in [3.05, 3.63) is 52.2 Å². The van der Waals surface area contributed by atoms with Gasteiger partial charge in [0.05, 0.1) is 11.3 Å². The van der Waals surface area contributed by atoms with E-state index in [1.807, 2.05) is 18.2 Å². The summed E-state index contributed by atoms with van der Waals surface area (Å²) in [5.74, 6) is -0.747. The van der Waals surface area contributed by atoms with Crippen LogP contribution in [0.3, 0.4) is 0 Å². The van der Waals surface area contributed by atoms with Gasteiger partial charge in [0.15, 0.2) is 6.67 Å². The lowest BCUT2D eigenvalue weighted by atomic mass is 10.1. The topological polar surface area (TPSA) is 46.3 Å². The lowest BCUT2D eigenvalue weighted by Gasteiger charge is -2.31.